The van der Waals surface area contributed by atoms with E-state index in [2.05, 4.69) is 26.1 Å². The highest BCUT2D eigenvalue weighted by Gasteiger charge is 2.51. The number of hydrogen-bond acceptors (Lipinski definition) is 1. The minimum Gasteiger partial charge on any atom is -0.313 e. The molecule has 0 heterocycles. The summed E-state index contributed by atoms with van der Waals surface area (Å²) in [5, 5.41) is 3.86. The van der Waals surface area contributed by atoms with E-state index in [1.807, 2.05) is 0 Å². The Morgan fingerprint density at radius 1 is 1.19 bits per heavy atom. The van der Waals surface area contributed by atoms with Crippen LogP contribution in [0.3, 0.4) is 0 Å². The summed E-state index contributed by atoms with van der Waals surface area (Å²) in [4.78, 5) is 0. The van der Waals surface area contributed by atoms with Crippen LogP contribution in [-0.4, -0.2) is 12.6 Å². The second kappa shape index (κ2) is 5.08. The first-order valence-corrected chi connectivity index (χ1v) is 7.38. The molecule has 0 saturated heterocycles. The molecule has 94 valence electrons. The van der Waals surface area contributed by atoms with Crippen molar-refractivity contribution in [2.75, 3.05) is 6.54 Å². The molecule has 0 aromatic heterocycles. The van der Waals surface area contributed by atoms with Gasteiger partial charge in [-0.25, -0.2) is 0 Å². The molecule has 2 fully saturated rings. The summed E-state index contributed by atoms with van der Waals surface area (Å²) in [6.45, 7) is 8.39. The van der Waals surface area contributed by atoms with E-state index >= 15 is 0 Å². The Labute approximate surface area is 101 Å². The Hall–Kier alpha value is -0.0400. The van der Waals surface area contributed by atoms with Gasteiger partial charge in [0.1, 0.15) is 0 Å². The number of rotatable bonds is 5. The molecule has 2 rings (SSSR count). The molecule has 0 bridgehead atoms. The normalized spacial score (nSPS) is 31.3. The molecule has 0 amide bonds. The molecule has 1 nitrogen and oxygen atoms in total. The number of nitrogens with one attached hydrogen (secondary N) is 1. The molecule has 2 unspecified atom stereocenters. The van der Waals surface area contributed by atoms with Crippen molar-refractivity contribution in [1.29, 1.82) is 0 Å². The SMILES string of the molecule is CCCNC(C1CCCCC1)C1CC1(C)C. The predicted molar refractivity (Wildman–Crippen MR) is 70.5 cm³/mol. The van der Waals surface area contributed by atoms with Crippen LogP contribution >= 0.6 is 0 Å². The largest absolute Gasteiger partial charge is 0.313 e. The first-order valence-electron chi connectivity index (χ1n) is 7.38. The van der Waals surface area contributed by atoms with Crippen LogP contribution in [0.25, 0.3) is 0 Å². The van der Waals surface area contributed by atoms with Crippen molar-refractivity contribution in [3.05, 3.63) is 0 Å². The molecule has 0 aromatic rings. The van der Waals surface area contributed by atoms with Crippen LogP contribution in [0.2, 0.25) is 0 Å². The van der Waals surface area contributed by atoms with Crippen LogP contribution in [-0.2, 0) is 0 Å². The molecule has 2 atom stereocenters. The van der Waals surface area contributed by atoms with E-state index in [9.17, 15) is 0 Å². The number of hydrogen-bond donors (Lipinski definition) is 1. The Morgan fingerprint density at radius 2 is 1.81 bits per heavy atom. The predicted octanol–water partition coefficient (Wildman–Crippen LogP) is 3.98. The zero-order chi connectivity index (χ0) is 11.6. The molecule has 2 aliphatic carbocycles. The average molecular weight is 223 g/mol. The molecular formula is C15H29N. The fourth-order valence-corrected chi connectivity index (χ4v) is 3.56. The van der Waals surface area contributed by atoms with Gasteiger partial charge in [0.25, 0.3) is 0 Å². The topological polar surface area (TPSA) is 12.0 Å². The third-order valence-electron chi connectivity index (χ3n) is 4.81. The Balaban J connectivity index is 1.91. The fraction of sp³-hybridized carbons (Fsp3) is 1.00. The van der Waals surface area contributed by atoms with Gasteiger partial charge >= 0.3 is 0 Å². The molecule has 16 heavy (non-hydrogen) atoms. The Morgan fingerprint density at radius 3 is 2.31 bits per heavy atom. The van der Waals surface area contributed by atoms with Gasteiger partial charge in [0.05, 0.1) is 0 Å². The van der Waals surface area contributed by atoms with Gasteiger partial charge in [-0.15, -0.1) is 0 Å². The van der Waals surface area contributed by atoms with Crippen molar-refractivity contribution < 1.29 is 0 Å². The van der Waals surface area contributed by atoms with E-state index in [1.165, 1.54) is 51.5 Å². The molecule has 2 saturated carbocycles. The summed E-state index contributed by atoms with van der Waals surface area (Å²) >= 11 is 0. The summed E-state index contributed by atoms with van der Waals surface area (Å²) in [6.07, 6.45) is 10.1. The lowest BCUT2D eigenvalue weighted by Gasteiger charge is -2.32. The Kier molecular flexibility index (Phi) is 3.94. The van der Waals surface area contributed by atoms with Crippen LogP contribution in [0.4, 0.5) is 0 Å². The lowest BCUT2D eigenvalue weighted by molar-refractivity contribution is 0.232. The lowest BCUT2D eigenvalue weighted by atomic mass is 9.80. The van der Waals surface area contributed by atoms with Crippen molar-refractivity contribution in [2.45, 2.75) is 71.8 Å². The summed E-state index contributed by atoms with van der Waals surface area (Å²) in [5.74, 6) is 1.94. The molecular weight excluding hydrogens is 194 g/mol. The van der Waals surface area contributed by atoms with Crippen molar-refractivity contribution in [1.82, 2.24) is 5.32 Å². The van der Waals surface area contributed by atoms with Gasteiger partial charge in [0, 0.05) is 6.04 Å². The van der Waals surface area contributed by atoms with Crippen molar-refractivity contribution in [3.63, 3.8) is 0 Å². The summed E-state index contributed by atoms with van der Waals surface area (Å²) in [6, 6.07) is 0.829. The fourth-order valence-electron chi connectivity index (χ4n) is 3.56. The molecule has 1 N–H and O–H groups in total. The van der Waals surface area contributed by atoms with Crippen molar-refractivity contribution in [3.8, 4) is 0 Å². The van der Waals surface area contributed by atoms with Gasteiger partial charge in [-0.2, -0.15) is 0 Å². The van der Waals surface area contributed by atoms with Crippen molar-refractivity contribution >= 4 is 0 Å². The minimum absolute atomic E-state index is 0.628. The summed E-state index contributed by atoms with van der Waals surface area (Å²) in [5.41, 5.74) is 0.628. The zero-order valence-corrected chi connectivity index (χ0v) is 11.4. The van der Waals surface area contributed by atoms with E-state index in [0.717, 1.165) is 17.9 Å². The highest BCUT2D eigenvalue weighted by Crippen LogP contribution is 2.55. The van der Waals surface area contributed by atoms with E-state index < -0.39 is 0 Å². The summed E-state index contributed by atoms with van der Waals surface area (Å²) < 4.78 is 0. The second-order valence-electron chi connectivity index (χ2n) is 6.68. The van der Waals surface area contributed by atoms with E-state index in [0.29, 0.717) is 5.41 Å². The minimum atomic E-state index is 0.628. The first kappa shape index (κ1) is 12.4. The summed E-state index contributed by atoms with van der Waals surface area (Å²) in [7, 11) is 0. The molecule has 0 radical (unpaired) electrons. The van der Waals surface area contributed by atoms with E-state index in [-0.39, 0.29) is 0 Å². The van der Waals surface area contributed by atoms with Gasteiger partial charge in [0.2, 0.25) is 0 Å². The average Bonchev–Trinajstić information content (AvgIpc) is 2.90. The third kappa shape index (κ3) is 2.80. The van der Waals surface area contributed by atoms with Gasteiger partial charge in [-0.05, 0) is 49.5 Å². The molecule has 0 aromatic carbocycles. The molecule has 1 heteroatoms. The lowest BCUT2D eigenvalue weighted by Crippen LogP contribution is -2.40. The van der Waals surface area contributed by atoms with Gasteiger partial charge in [-0.1, -0.05) is 40.0 Å². The smallest absolute Gasteiger partial charge is 0.0129 e. The van der Waals surface area contributed by atoms with Crippen LogP contribution < -0.4 is 5.32 Å². The second-order valence-corrected chi connectivity index (χ2v) is 6.68. The van der Waals surface area contributed by atoms with Crippen molar-refractivity contribution in [2.24, 2.45) is 17.3 Å². The highest BCUT2D eigenvalue weighted by atomic mass is 14.9. The zero-order valence-electron chi connectivity index (χ0n) is 11.4. The van der Waals surface area contributed by atoms with Gasteiger partial charge in [-0.3, -0.25) is 0 Å². The first-order chi connectivity index (χ1) is 7.65. The van der Waals surface area contributed by atoms with E-state index in [4.69, 9.17) is 0 Å². The maximum absolute atomic E-state index is 3.86. The highest BCUT2D eigenvalue weighted by molar-refractivity contribution is 5.04. The van der Waals surface area contributed by atoms with Crippen LogP contribution in [0.1, 0.15) is 65.7 Å². The third-order valence-corrected chi connectivity index (χ3v) is 4.81. The van der Waals surface area contributed by atoms with Crippen LogP contribution in [0.15, 0.2) is 0 Å². The quantitative estimate of drug-likeness (QED) is 0.743. The standard InChI is InChI=1S/C15H29N/c1-4-10-16-14(13-11-15(13,2)3)12-8-6-5-7-9-12/h12-14,16H,4-11H2,1-3H3. The van der Waals surface area contributed by atoms with Crippen LogP contribution in [0.5, 0.6) is 0 Å². The van der Waals surface area contributed by atoms with Gasteiger partial charge in [0.15, 0.2) is 0 Å². The Bertz CT molecular complexity index is 215. The van der Waals surface area contributed by atoms with E-state index in [1.54, 1.807) is 0 Å². The molecule has 0 aliphatic heterocycles. The molecule has 0 spiro atoms. The monoisotopic (exact) mass is 223 g/mol. The van der Waals surface area contributed by atoms with Gasteiger partial charge < -0.3 is 5.32 Å². The molecule has 2 aliphatic rings. The maximum atomic E-state index is 3.86. The van der Waals surface area contributed by atoms with Crippen LogP contribution in [0, 0.1) is 17.3 Å². The maximum Gasteiger partial charge on any atom is 0.0129 e.